The average molecular weight is 425 g/mol. The molecular weight excluding hydrogens is 396 g/mol. The van der Waals surface area contributed by atoms with Gasteiger partial charge in [0.15, 0.2) is 5.82 Å². The van der Waals surface area contributed by atoms with E-state index >= 15 is 0 Å². The van der Waals surface area contributed by atoms with Crippen molar-refractivity contribution in [2.75, 3.05) is 11.9 Å². The Morgan fingerprint density at radius 3 is 2.52 bits per heavy atom. The second-order valence-corrected chi connectivity index (χ2v) is 8.40. The maximum absolute atomic E-state index is 12.1. The molecule has 0 fully saturated rings. The first-order chi connectivity index (χ1) is 14.6. The van der Waals surface area contributed by atoms with Crippen LogP contribution in [0.25, 0.3) is 22.4 Å². The van der Waals surface area contributed by atoms with E-state index in [0.29, 0.717) is 35.5 Å². The molecular formula is C23H28N4O4. The van der Waals surface area contributed by atoms with Gasteiger partial charge in [-0.2, -0.15) is 4.73 Å². The van der Waals surface area contributed by atoms with Gasteiger partial charge in [0, 0.05) is 24.2 Å². The van der Waals surface area contributed by atoms with Crippen molar-refractivity contribution in [3.63, 3.8) is 0 Å². The molecule has 0 saturated carbocycles. The number of alkyl carbamates (subject to hydrolysis) is 1. The molecule has 0 bridgehead atoms. The Kier molecular flexibility index (Phi) is 6.48. The number of rotatable bonds is 6. The molecule has 0 aliphatic rings. The summed E-state index contributed by atoms with van der Waals surface area (Å²) >= 11 is 0. The molecule has 1 heterocycles. The van der Waals surface area contributed by atoms with Crippen molar-refractivity contribution in [1.82, 2.24) is 15.0 Å². The number of imidazole rings is 1. The molecule has 0 saturated heterocycles. The van der Waals surface area contributed by atoms with Crippen molar-refractivity contribution in [1.29, 1.82) is 0 Å². The van der Waals surface area contributed by atoms with Gasteiger partial charge in [-0.05, 0) is 76.1 Å². The number of fused-ring (bicyclic) bond motifs is 1. The van der Waals surface area contributed by atoms with Crippen LogP contribution in [-0.2, 0) is 9.53 Å². The lowest BCUT2D eigenvalue weighted by molar-refractivity contribution is -0.116. The average Bonchev–Trinajstić information content (AvgIpc) is 3.01. The zero-order chi connectivity index (χ0) is 22.6. The highest BCUT2D eigenvalue weighted by Gasteiger charge is 2.16. The highest BCUT2D eigenvalue weighted by Crippen LogP contribution is 2.25. The second kappa shape index (κ2) is 9.07. The molecule has 2 aromatic carbocycles. The molecule has 164 valence electrons. The minimum Gasteiger partial charge on any atom is -0.444 e. The van der Waals surface area contributed by atoms with E-state index in [0.717, 1.165) is 15.9 Å². The maximum atomic E-state index is 12.1. The van der Waals surface area contributed by atoms with Crippen LogP contribution < -0.4 is 10.6 Å². The molecule has 8 nitrogen and oxygen atoms in total. The van der Waals surface area contributed by atoms with Gasteiger partial charge in [0.2, 0.25) is 5.91 Å². The number of ether oxygens (including phenoxy) is 1. The monoisotopic (exact) mass is 424 g/mol. The van der Waals surface area contributed by atoms with Crippen LogP contribution in [0, 0.1) is 6.92 Å². The van der Waals surface area contributed by atoms with Crippen molar-refractivity contribution >= 4 is 28.7 Å². The van der Waals surface area contributed by atoms with Gasteiger partial charge >= 0.3 is 6.09 Å². The Morgan fingerprint density at radius 1 is 1.13 bits per heavy atom. The summed E-state index contributed by atoms with van der Waals surface area (Å²) in [5.41, 5.74) is 3.22. The van der Waals surface area contributed by atoms with Crippen LogP contribution in [0.15, 0.2) is 42.5 Å². The smallest absolute Gasteiger partial charge is 0.407 e. The standard InChI is InChI=1S/C23H28N4O4/c1-15-7-12-18-19(14-15)27(30)21(26-18)16-8-10-17(11-9-16)25-20(28)6-5-13-24-22(29)31-23(2,3)4/h7-12,14,30H,5-6,13H2,1-4H3,(H,24,29)(H,25,28). The van der Waals surface area contributed by atoms with Crippen LogP contribution in [0.2, 0.25) is 0 Å². The summed E-state index contributed by atoms with van der Waals surface area (Å²) in [4.78, 5) is 28.2. The zero-order valence-electron chi connectivity index (χ0n) is 18.2. The number of anilines is 1. The molecule has 3 rings (SSSR count). The zero-order valence-corrected chi connectivity index (χ0v) is 18.2. The van der Waals surface area contributed by atoms with Crippen LogP contribution in [0.5, 0.6) is 0 Å². The number of hydrogen-bond donors (Lipinski definition) is 3. The molecule has 31 heavy (non-hydrogen) atoms. The largest absolute Gasteiger partial charge is 0.444 e. The molecule has 8 heteroatoms. The van der Waals surface area contributed by atoms with E-state index < -0.39 is 11.7 Å². The third-order valence-corrected chi connectivity index (χ3v) is 4.46. The number of benzene rings is 2. The van der Waals surface area contributed by atoms with Crippen LogP contribution in [0.3, 0.4) is 0 Å². The number of amides is 2. The summed E-state index contributed by atoms with van der Waals surface area (Å²) < 4.78 is 6.22. The number of nitrogens with one attached hydrogen (secondary N) is 2. The molecule has 3 aromatic rings. The summed E-state index contributed by atoms with van der Waals surface area (Å²) in [6.07, 6.45) is 0.272. The first-order valence-electron chi connectivity index (χ1n) is 10.2. The molecule has 0 aliphatic carbocycles. The lowest BCUT2D eigenvalue weighted by Gasteiger charge is -2.19. The number of nitrogens with zero attached hydrogens (tertiary/aromatic N) is 2. The molecule has 0 radical (unpaired) electrons. The van der Waals surface area contributed by atoms with Gasteiger partial charge in [0.25, 0.3) is 0 Å². The Hall–Kier alpha value is -3.55. The highest BCUT2D eigenvalue weighted by atomic mass is 16.6. The number of aromatic nitrogens is 2. The van der Waals surface area contributed by atoms with E-state index in [-0.39, 0.29) is 12.3 Å². The first kappa shape index (κ1) is 22.1. The van der Waals surface area contributed by atoms with E-state index in [2.05, 4.69) is 15.6 Å². The van der Waals surface area contributed by atoms with Gasteiger partial charge in [-0.25, -0.2) is 9.78 Å². The molecule has 0 atom stereocenters. The summed E-state index contributed by atoms with van der Waals surface area (Å²) in [5, 5.41) is 15.9. The van der Waals surface area contributed by atoms with Crippen LogP contribution >= 0.6 is 0 Å². The Balaban J connectivity index is 1.52. The van der Waals surface area contributed by atoms with Crippen molar-refractivity contribution in [3.05, 3.63) is 48.0 Å². The summed E-state index contributed by atoms with van der Waals surface area (Å²) in [6.45, 7) is 7.69. The quantitative estimate of drug-likeness (QED) is 0.399. The Bertz CT molecular complexity index is 1080. The second-order valence-electron chi connectivity index (χ2n) is 8.40. The molecule has 3 N–H and O–H groups in total. The molecule has 0 aliphatic heterocycles. The fraction of sp³-hybridized carbons (Fsp3) is 0.348. The fourth-order valence-electron chi connectivity index (χ4n) is 3.04. The van der Waals surface area contributed by atoms with E-state index in [4.69, 9.17) is 4.74 Å². The van der Waals surface area contributed by atoms with E-state index in [9.17, 15) is 14.8 Å². The van der Waals surface area contributed by atoms with Gasteiger partial charge in [0.05, 0.1) is 5.52 Å². The van der Waals surface area contributed by atoms with Crippen molar-refractivity contribution in [3.8, 4) is 11.4 Å². The lowest BCUT2D eigenvalue weighted by Crippen LogP contribution is -2.33. The normalized spacial score (nSPS) is 11.4. The van der Waals surface area contributed by atoms with Gasteiger partial charge in [-0.15, -0.1) is 0 Å². The van der Waals surface area contributed by atoms with Crippen molar-refractivity contribution in [2.24, 2.45) is 0 Å². The number of aryl methyl sites for hydroxylation is 1. The predicted molar refractivity (Wildman–Crippen MR) is 119 cm³/mol. The van der Waals surface area contributed by atoms with E-state index in [1.165, 1.54) is 0 Å². The minimum atomic E-state index is -0.549. The maximum Gasteiger partial charge on any atom is 0.407 e. The first-order valence-corrected chi connectivity index (χ1v) is 10.2. The van der Waals surface area contributed by atoms with Gasteiger partial charge < -0.3 is 20.6 Å². The number of hydrogen-bond acceptors (Lipinski definition) is 5. The Labute approximate surface area is 181 Å². The Morgan fingerprint density at radius 2 is 1.84 bits per heavy atom. The number of carbonyl (C=O) groups excluding carboxylic acids is 2. The van der Waals surface area contributed by atoms with Gasteiger partial charge in [-0.1, -0.05) is 6.07 Å². The predicted octanol–water partition coefficient (Wildman–Crippen LogP) is 4.49. The third kappa shape index (κ3) is 5.97. The minimum absolute atomic E-state index is 0.149. The lowest BCUT2D eigenvalue weighted by atomic mass is 10.2. The van der Waals surface area contributed by atoms with E-state index in [1.54, 1.807) is 45.0 Å². The van der Waals surface area contributed by atoms with Crippen molar-refractivity contribution in [2.45, 2.75) is 46.1 Å². The van der Waals surface area contributed by atoms with Gasteiger partial charge in [-0.3, -0.25) is 4.79 Å². The van der Waals surface area contributed by atoms with Gasteiger partial charge in [0.1, 0.15) is 11.1 Å². The summed E-state index contributed by atoms with van der Waals surface area (Å²) in [7, 11) is 0. The number of carbonyl (C=O) groups is 2. The highest BCUT2D eigenvalue weighted by molar-refractivity contribution is 5.91. The topological polar surface area (TPSA) is 105 Å². The fourth-order valence-corrected chi connectivity index (χ4v) is 3.04. The SMILES string of the molecule is Cc1ccc2nc(-c3ccc(NC(=O)CCCNC(=O)OC(C)(C)C)cc3)n(O)c2c1. The van der Waals surface area contributed by atoms with E-state index in [1.807, 2.05) is 25.1 Å². The van der Waals surface area contributed by atoms with Crippen LogP contribution in [0.1, 0.15) is 39.2 Å². The van der Waals surface area contributed by atoms with Crippen LogP contribution in [0.4, 0.5) is 10.5 Å². The van der Waals surface area contributed by atoms with Crippen LogP contribution in [-0.4, -0.2) is 39.1 Å². The molecule has 1 aromatic heterocycles. The summed E-state index contributed by atoms with van der Waals surface area (Å²) in [5.74, 6) is 0.287. The molecule has 0 unspecified atom stereocenters. The molecule has 2 amide bonds. The summed E-state index contributed by atoms with van der Waals surface area (Å²) in [6, 6.07) is 12.8. The molecule has 0 spiro atoms. The third-order valence-electron chi connectivity index (χ3n) is 4.46. The van der Waals surface area contributed by atoms with Crippen molar-refractivity contribution < 1.29 is 19.5 Å².